The minimum absolute atomic E-state index is 0.296. The lowest BCUT2D eigenvalue weighted by atomic mass is 10.5. The molecule has 46 valence electrons. The van der Waals surface area contributed by atoms with E-state index in [1.54, 1.807) is 6.92 Å². The first-order valence-electron chi connectivity index (χ1n) is 2.35. The Morgan fingerprint density at radius 1 is 2.00 bits per heavy atom. The van der Waals surface area contributed by atoms with Crippen LogP contribution in [0.1, 0.15) is 6.92 Å². The van der Waals surface area contributed by atoms with E-state index in [0.717, 1.165) is 6.08 Å². The van der Waals surface area contributed by atoms with Crippen LogP contribution in [0.2, 0.25) is 0 Å². The first-order valence-corrected chi connectivity index (χ1v) is 2.35. The van der Waals surface area contributed by atoms with Crippen LogP contribution in [0, 0.1) is 0 Å². The van der Waals surface area contributed by atoms with Gasteiger partial charge in [-0.1, -0.05) is 6.58 Å². The van der Waals surface area contributed by atoms with E-state index in [9.17, 15) is 4.79 Å². The Bertz CT molecular complexity index is 101. The summed E-state index contributed by atoms with van der Waals surface area (Å²) in [6, 6.07) is 0. The van der Waals surface area contributed by atoms with Crippen LogP contribution in [0.25, 0.3) is 0 Å². The number of hydroxylamine groups is 2. The first-order chi connectivity index (χ1) is 3.72. The lowest BCUT2D eigenvalue weighted by Gasteiger charge is -2.06. The standard InChI is InChI=1S/C5H9NO2/c1-3-5(7)6(8)4-2/h3,8H,1,4H2,2H3. The van der Waals surface area contributed by atoms with Crippen molar-refractivity contribution in [3.8, 4) is 0 Å². The highest BCUT2D eigenvalue weighted by atomic mass is 16.5. The predicted octanol–water partition coefficient (Wildman–Crippen LogP) is 0.410. The van der Waals surface area contributed by atoms with Gasteiger partial charge in [-0.05, 0) is 13.0 Å². The normalized spacial score (nSPS) is 8.25. The highest BCUT2D eigenvalue weighted by Gasteiger charge is 1.99. The van der Waals surface area contributed by atoms with Crippen LogP contribution in [0.5, 0.6) is 0 Å². The van der Waals surface area contributed by atoms with Gasteiger partial charge < -0.3 is 0 Å². The SMILES string of the molecule is C=CC(=O)N(O)CC. The molecule has 0 aliphatic carbocycles. The molecule has 0 atom stereocenters. The summed E-state index contributed by atoms with van der Waals surface area (Å²) in [4.78, 5) is 10.3. The van der Waals surface area contributed by atoms with Crippen LogP contribution in [0.4, 0.5) is 0 Å². The number of carbonyl (C=O) groups is 1. The van der Waals surface area contributed by atoms with Crippen LogP contribution in [-0.2, 0) is 4.79 Å². The molecular weight excluding hydrogens is 106 g/mol. The van der Waals surface area contributed by atoms with Crippen molar-refractivity contribution in [2.45, 2.75) is 6.92 Å². The van der Waals surface area contributed by atoms with E-state index in [4.69, 9.17) is 5.21 Å². The van der Waals surface area contributed by atoms with Gasteiger partial charge in [0, 0.05) is 6.54 Å². The first kappa shape index (κ1) is 7.17. The van der Waals surface area contributed by atoms with Crippen molar-refractivity contribution in [3.05, 3.63) is 12.7 Å². The summed E-state index contributed by atoms with van der Waals surface area (Å²) in [5, 5.41) is 9.13. The van der Waals surface area contributed by atoms with Crippen molar-refractivity contribution in [2.75, 3.05) is 6.54 Å². The zero-order valence-corrected chi connectivity index (χ0v) is 4.79. The summed E-state index contributed by atoms with van der Waals surface area (Å²) in [5.74, 6) is -0.465. The molecule has 0 saturated heterocycles. The second-order valence-electron chi connectivity index (χ2n) is 1.26. The lowest BCUT2D eigenvalue weighted by Crippen LogP contribution is -2.24. The maximum absolute atomic E-state index is 10.3. The molecule has 0 aromatic heterocycles. The van der Waals surface area contributed by atoms with E-state index in [-0.39, 0.29) is 0 Å². The molecule has 0 heterocycles. The number of amides is 1. The maximum atomic E-state index is 10.3. The van der Waals surface area contributed by atoms with Gasteiger partial charge >= 0.3 is 0 Å². The monoisotopic (exact) mass is 115 g/mol. The van der Waals surface area contributed by atoms with Crippen molar-refractivity contribution in [3.63, 3.8) is 0 Å². The van der Waals surface area contributed by atoms with E-state index in [2.05, 4.69) is 6.58 Å². The highest BCUT2D eigenvalue weighted by molar-refractivity contribution is 5.85. The Hall–Kier alpha value is -0.830. The van der Waals surface area contributed by atoms with E-state index in [1.807, 2.05) is 0 Å². The lowest BCUT2D eigenvalue weighted by molar-refractivity contribution is -0.158. The molecule has 0 aliphatic heterocycles. The summed E-state index contributed by atoms with van der Waals surface area (Å²) in [6.07, 6.45) is 1.06. The molecule has 0 fully saturated rings. The molecule has 0 rings (SSSR count). The average Bonchev–Trinajstić information content (AvgIpc) is 1.84. The van der Waals surface area contributed by atoms with Crippen molar-refractivity contribution >= 4 is 5.91 Å². The van der Waals surface area contributed by atoms with Gasteiger partial charge in [0.2, 0.25) is 0 Å². The second-order valence-corrected chi connectivity index (χ2v) is 1.26. The average molecular weight is 115 g/mol. The third-order valence-electron chi connectivity index (χ3n) is 0.729. The molecular formula is C5H9NO2. The number of hydrogen-bond donors (Lipinski definition) is 1. The minimum atomic E-state index is -0.465. The predicted molar refractivity (Wildman–Crippen MR) is 29.4 cm³/mol. The third-order valence-corrected chi connectivity index (χ3v) is 0.729. The molecule has 3 heteroatoms. The Kier molecular flexibility index (Phi) is 2.88. The van der Waals surface area contributed by atoms with E-state index >= 15 is 0 Å². The fourth-order valence-corrected chi connectivity index (χ4v) is 0.261. The third kappa shape index (κ3) is 1.75. The molecule has 0 aliphatic rings. The number of hydrogen-bond acceptors (Lipinski definition) is 2. The molecule has 0 saturated carbocycles. The van der Waals surface area contributed by atoms with Crippen molar-refractivity contribution in [2.24, 2.45) is 0 Å². The van der Waals surface area contributed by atoms with Gasteiger partial charge in [0.25, 0.3) is 5.91 Å². The molecule has 8 heavy (non-hydrogen) atoms. The fraction of sp³-hybridized carbons (Fsp3) is 0.400. The topological polar surface area (TPSA) is 40.5 Å². The van der Waals surface area contributed by atoms with E-state index < -0.39 is 5.91 Å². The number of rotatable bonds is 2. The number of likely N-dealkylation sites (N-methyl/N-ethyl adjacent to an activating group) is 1. The molecule has 1 amide bonds. The van der Waals surface area contributed by atoms with Crippen molar-refractivity contribution in [1.82, 2.24) is 5.06 Å². The van der Waals surface area contributed by atoms with Gasteiger partial charge in [-0.2, -0.15) is 0 Å². The zero-order valence-electron chi connectivity index (χ0n) is 4.79. The van der Waals surface area contributed by atoms with Crippen molar-refractivity contribution < 1.29 is 10.0 Å². The maximum Gasteiger partial charge on any atom is 0.269 e. The van der Waals surface area contributed by atoms with Crippen LogP contribution in [0.15, 0.2) is 12.7 Å². The van der Waals surface area contributed by atoms with E-state index in [1.165, 1.54) is 0 Å². The van der Waals surface area contributed by atoms with Crippen LogP contribution in [0.3, 0.4) is 0 Å². The number of carbonyl (C=O) groups excluding carboxylic acids is 1. The van der Waals surface area contributed by atoms with Gasteiger partial charge in [-0.15, -0.1) is 0 Å². The minimum Gasteiger partial charge on any atom is -0.286 e. The molecule has 0 aromatic carbocycles. The Morgan fingerprint density at radius 3 is 2.62 bits per heavy atom. The Balaban J connectivity index is 3.62. The fourth-order valence-electron chi connectivity index (χ4n) is 0.261. The molecule has 0 aromatic rings. The highest BCUT2D eigenvalue weighted by Crippen LogP contribution is 1.80. The smallest absolute Gasteiger partial charge is 0.269 e. The van der Waals surface area contributed by atoms with Gasteiger partial charge in [-0.3, -0.25) is 10.0 Å². The summed E-state index contributed by atoms with van der Waals surface area (Å²) in [5.41, 5.74) is 0. The van der Waals surface area contributed by atoms with Gasteiger partial charge in [-0.25, -0.2) is 5.06 Å². The summed E-state index contributed by atoms with van der Waals surface area (Å²) in [7, 11) is 0. The quantitative estimate of drug-likeness (QED) is 0.321. The van der Waals surface area contributed by atoms with Crippen LogP contribution >= 0.6 is 0 Å². The van der Waals surface area contributed by atoms with Crippen LogP contribution in [-0.4, -0.2) is 22.7 Å². The molecule has 0 spiro atoms. The molecule has 0 unspecified atom stereocenters. The second kappa shape index (κ2) is 3.21. The summed E-state index contributed by atoms with van der Waals surface area (Å²) in [6.45, 7) is 5.14. The van der Waals surface area contributed by atoms with Crippen LogP contribution < -0.4 is 0 Å². The van der Waals surface area contributed by atoms with Gasteiger partial charge in [0.1, 0.15) is 0 Å². The van der Waals surface area contributed by atoms with Gasteiger partial charge in [0.05, 0.1) is 0 Å². The summed E-state index contributed by atoms with van der Waals surface area (Å²) >= 11 is 0. The molecule has 0 radical (unpaired) electrons. The summed E-state index contributed by atoms with van der Waals surface area (Å²) < 4.78 is 0. The van der Waals surface area contributed by atoms with Crippen molar-refractivity contribution in [1.29, 1.82) is 0 Å². The largest absolute Gasteiger partial charge is 0.286 e. The zero-order chi connectivity index (χ0) is 6.57. The molecule has 0 bridgehead atoms. The number of nitrogens with zero attached hydrogens (tertiary/aromatic N) is 1. The Labute approximate surface area is 48.2 Å². The molecule has 1 N–H and O–H groups in total. The Morgan fingerprint density at radius 2 is 2.50 bits per heavy atom. The van der Waals surface area contributed by atoms with E-state index in [0.29, 0.717) is 11.6 Å². The van der Waals surface area contributed by atoms with Gasteiger partial charge in [0.15, 0.2) is 0 Å². The molecule has 3 nitrogen and oxygen atoms in total.